The minimum Gasteiger partial charge on any atom is -0.491 e. The Balaban J connectivity index is 1.23. The van der Waals surface area contributed by atoms with E-state index in [4.69, 9.17) is 32.7 Å². The molecule has 2 saturated heterocycles. The van der Waals surface area contributed by atoms with Gasteiger partial charge in [0.15, 0.2) is 0 Å². The van der Waals surface area contributed by atoms with Crippen molar-refractivity contribution in [3.05, 3.63) is 69.2 Å². The molecule has 0 radical (unpaired) electrons. The summed E-state index contributed by atoms with van der Waals surface area (Å²) in [6.07, 6.45) is 3.92. The molecule has 0 aromatic heterocycles. The number of hydrogen-bond donors (Lipinski definition) is 1. The van der Waals surface area contributed by atoms with E-state index in [-0.39, 0.29) is 12.6 Å². The summed E-state index contributed by atoms with van der Waals surface area (Å²) < 4.78 is 10.8. The van der Waals surface area contributed by atoms with Gasteiger partial charge >= 0.3 is 5.97 Å². The van der Waals surface area contributed by atoms with E-state index in [0.717, 1.165) is 31.5 Å². The summed E-state index contributed by atoms with van der Waals surface area (Å²) in [5.41, 5.74) is 2.78. The van der Waals surface area contributed by atoms with Crippen LogP contribution in [-0.2, 0) is 9.53 Å². The minimum atomic E-state index is -0.580. The van der Waals surface area contributed by atoms with E-state index in [1.807, 2.05) is 42.5 Å². The van der Waals surface area contributed by atoms with Gasteiger partial charge in [-0.1, -0.05) is 41.4 Å². The number of likely N-dealkylation sites (tertiary alicyclic amines) is 1. The van der Waals surface area contributed by atoms with E-state index in [1.54, 1.807) is 0 Å². The van der Waals surface area contributed by atoms with Gasteiger partial charge in [-0.3, -0.25) is 0 Å². The number of cyclic esters (lactones) is 1. The highest BCUT2D eigenvalue weighted by Gasteiger charge is 2.23. The lowest BCUT2D eigenvalue weighted by molar-refractivity contribution is -0.134. The van der Waals surface area contributed by atoms with Gasteiger partial charge in [-0.15, -0.1) is 0 Å². The zero-order valence-electron chi connectivity index (χ0n) is 17.8. The lowest BCUT2D eigenvalue weighted by atomic mass is 9.89. The van der Waals surface area contributed by atoms with Crippen LogP contribution in [0.2, 0.25) is 10.0 Å². The second-order valence-electron chi connectivity index (χ2n) is 8.34. The Morgan fingerprint density at radius 1 is 1.16 bits per heavy atom. The van der Waals surface area contributed by atoms with Gasteiger partial charge in [0, 0.05) is 18.5 Å². The van der Waals surface area contributed by atoms with Crippen LogP contribution in [0, 0.1) is 0 Å². The molecule has 2 fully saturated rings. The predicted molar refractivity (Wildman–Crippen MR) is 126 cm³/mol. The molecule has 5 nitrogen and oxygen atoms in total. The number of aliphatic hydroxyl groups excluding tert-OH is 1. The number of hydrogen-bond acceptors (Lipinski definition) is 5. The highest BCUT2D eigenvalue weighted by Crippen LogP contribution is 2.32. The van der Waals surface area contributed by atoms with Gasteiger partial charge < -0.3 is 19.5 Å². The number of benzene rings is 2. The van der Waals surface area contributed by atoms with Crippen molar-refractivity contribution < 1.29 is 19.4 Å². The number of rotatable bonds is 7. The summed E-state index contributed by atoms with van der Waals surface area (Å²) in [6.45, 7) is 3.07. The highest BCUT2D eigenvalue weighted by atomic mass is 35.5. The first-order valence-corrected chi connectivity index (χ1v) is 11.7. The van der Waals surface area contributed by atoms with Crippen LogP contribution in [0.15, 0.2) is 48.0 Å². The lowest BCUT2D eigenvalue weighted by Crippen LogP contribution is -2.40. The molecule has 0 amide bonds. The third-order valence-electron chi connectivity index (χ3n) is 5.98. The van der Waals surface area contributed by atoms with Gasteiger partial charge in [0.25, 0.3) is 0 Å². The molecule has 0 saturated carbocycles. The molecule has 7 heteroatoms. The van der Waals surface area contributed by atoms with Crippen LogP contribution in [0.25, 0.3) is 6.08 Å². The number of ether oxygens (including phenoxy) is 2. The first-order chi connectivity index (χ1) is 15.5. The Hall–Kier alpha value is -2.05. The van der Waals surface area contributed by atoms with Crippen LogP contribution in [0.5, 0.6) is 5.75 Å². The summed E-state index contributed by atoms with van der Waals surface area (Å²) in [4.78, 5) is 13.9. The van der Waals surface area contributed by atoms with Crippen LogP contribution in [-0.4, -0.2) is 54.9 Å². The molecular formula is C25H27Cl2NO4. The Kier molecular flexibility index (Phi) is 7.74. The number of aliphatic hydroxyl groups is 1. The largest absolute Gasteiger partial charge is 0.491 e. The van der Waals surface area contributed by atoms with Crippen LogP contribution in [0.4, 0.5) is 0 Å². The fourth-order valence-corrected chi connectivity index (χ4v) is 4.54. The Morgan fingerprint density at radius 3 is 2.69 bits per heavy atom. The summed E-state index contributed by atoms with van der Waals surface area (Å²) in [7, 11) is 0. The maximum absolute atomic E-state index is 11.6. The molecule has 0 aliphatic carbocycles. The Morgan fingerprint density at radius 2 is 1.97 bits per heavy atom. The third-order valence-corrected chi connectivity index (χ3v) is 6.72. The Bertz CT molecular complexity index is 986. The van der Waals surface area contributed by atoms with Crippen molar-refractivity contribution in [2.45, 2.75) is 31.3 Å². The standard InChI is InChI=1S/C25H27Cl2NO4/c26-23-5-4-19(14-24(23)27)18-6-9-28(10-7-18)15-21(29)16-32-22-3-1-2-17(13-22)12-20-8-11-31-25(20)30/h1-5,12-14,18,21,29H,6-11,15-16H2/t21-/m0/s1. The molecule has 2 aromatic carbocycles. The number of halogens is 2. The van der Waals surface area contributed by atoms with Crippen LogP contribution >= 0.6 is 23.2 Å². The van der Waals surface area contributed by atoms with Gasteiger partial charge in [-0.25, -0.2) is 4.79 Å². The van der Waals surface area contributed by atoms with E-state index in [9.17, 15) is 9.90 Å². The lowest BCUT2D eigenvalue weighted by Gasteiger charge is -2.33. The average Bonchev–Trinajstić information content (AvgIpc) is 3.19. The first-order valence-electron chi connectivity index (χ1n) is 10.9. The number of β-amino-alcohol motifs (C(OH)–C–C–N with tert-alkyl or cyclic N) is 1. The topological polar surface area (TPSA) is 59.0 Å². The van der Waals surface area contributed by atoms with Gasteiger partial charge in [-0.2, -0.15) is 0 Å². The molecule has 2 aromatic rings. The van der Waals surface area contributed by atoms with E-state index >= 15 is 0 Å². The predicted octanol–water partition coefficient (Wildman–Crippen LogP) is 4.94. The number of carbonyl (C=O) groups excluding carboxylic acids is 1. The molecule has 1 atom stereocenters. The quantitative estimate of drug-likeness (QED) is 0.453. The maximum Gasteiger partial charge on any atom is 0.334 e. The highest BCUT2D eigenvalue weighted by molar-refractivity contribution is 6.42. The molecule has 2 aliphatic rings. The number of esters is 1. The summed E-state index contributed by atoms with van der Waals surface area (Å²) >= 11 is 12.2. The molecule has 1 N–H and O–H groups in total. The van der Waals surface area contributed by atoms with Crippen molar-refractivity contribution in [2.75, 3.05) is 32.8 Å². The first kappa shape index (κ1) is 23.1. The second kappa shape index (κ2) is 10.7. The van der Waals surface area contributed by atoms with Gasteiger partial charge in [0.1, 0.15) is 18.5 Å². The number of piperidine rings is 1. The molecule has 0 spiro atoms. The van der Waals surface area contributed by atoms with E-state index in [1.165, 1.54) is 5.56 Å². The number of carbonyl (C=O) groups is 1. The van der Waals surface area contributed by atoms with Crippen molar-refractivity contribution in [2.24, 2.45) is 0 Å². The van der Waals surface area contributed by atoms with E-state index < -0.39 is 6.10 Å². The normalized spacial score (nSPS) is 19.8. The molecule has 0 unspecified atom stereocenters. The molecule has 2 aliphatic heterocycles. The summed E-state index contributed by atoms with van der Waals surface area (Å²) in [5.74, 6) is 0.876. The van der Waals surface area contributed by atoms with Crippen molar-refractivity contribution in [3.8, 4) is 5.75 Å². The van der Waals surface area contributed by atoms with E-state index in [2.05, 4.69) is 11.0 Å². The summed E-state index contributed by atoms with van der Waals surface area (Å²) in [6, 6.07) is 13.4. The molecule has 170 valence electrons. The van der Waals surface area contributed by atoms with Crippen molar-refractivity contribution in [1.29, 1.82) is 0 Å². The van der Waals surface area contributed by atoms with Gasteiger partial charge in [-0.05, 0) is 73.3 Å². The molecule has 4 rings (SSSR count). The van der Waals surface area contributed by atoms with Gasteiger partial charge in [0.05, 0.1) is 16.7 Å². The Labute approximate surface area is 198 Å². The van der Waals surface area contributed by atoms with Crippen LogP contribution in [0.1, 0.15) is 36.3 Å². The molecule has 0 bridgehead atoms. The number of nitrogens with zero attached hydrogens (tertiary/aromatic N) is 1. The second-order valence-corrected chi connectivity index (χ2v) is 9.16. The minimum absolute atomic E-state index is 0.217. The summed E-state index contributed by atoms with van der Waals surface area (Å²) in [5, 5.41) is 11.7. The van der Waals surface area contributed by atoms with Crippen molar-refractivity contribution in [3.63, 3.8) is 0 Å². The van der Waals surface area contributed by atoms with Gasteiger partial charge in [0.2, 0.25) is 0 Å². The zero-order valence-corrected chi connectivity index (χ0v) is 19.3. The fourth-order valence-electron chi connectivity index (χ4n) is 4.23. The smallest absolute Gasteiger partial charge is 0.334 e. The van der Waals surface area contributed by atoms with Crippen LogP contribution in [0.3, 0.4) is 0 Å². The monoisotopic (exact) mass is 475 g/mol. The van der Waals surface area contributed by atoms with E-state index in [0.29, 0.717) is 46.9 Å². The van der Waals surface area contributed by atoms with Crippen LogP contribution < -0.4 is 4.74 Å². The van der Waals surface area contributed by atoms with Crippen molar-refractivity contribution in [1.82, 2.24) is 4.90 Å². The zero-order chi connectivity index (χ0) is 22.5. The maximum atomic E-state index is 11.6. The third kappa shape index (κ3) is 6.04. The fraction of sp³-hybridized carbons (Fsp3) is 0.400. The SMILES string of the molecule is O=C1OCCC1=Cc1cccc(OC[C@@H](O)CN2CCC(c3ccc(Cl)c(Cl)c3)CC2)c1. The molecule has 2 heterocycles. The average molecular weight is 476 g/mol. The molecular weight excluding hydrogens is 449 g/mol. The van der Waals surface area contributed by atoms with Crippen molar-refractivity contribution >= 4 is 35.2 Å². The molecule has 32 heavy (non-hydrogen) atoms.